The third kappa shape index (κ3) is 3.43. The molecule has 122 valence electrons. The summed E-state index contributed by atoms with van der Waals surface area (Å²) in [5, 5.41) is 7.04. The Morgan fingerprint density at radius 1 is 1.21 bits per heavy atom. The van der Waals surface area contributed by atoms with Crippen molar-refractivity contribution in [3.8, 4) is 0 Å². The fraction of sp³-hybridized carbons (Fsp3) is 0.167. The SMILES string of the molecule is Cc1cc(C)n(Cc2ccc(C(=O)Nc3c[nH]ccc3=O)cc2)n1. The summed E-state index contributed by atoms with van der Waals surface area (Å²) in [6.45, 7) is 4.63. The second-order valence-electron chi connectivity index (χ2n) is 5.66. The summed E-state index contributed by atoms with van der Waals surface area (Å²) in [5.74, 6) is -0.315. The maximum absolute atomic E-state index is 12.2. The second kappa shape index (κ2) is 6.54. The maximum Gasteiger partial charge on any atom is 0.255 e. The largest absolute Gasteiger partial charge is 0.366 e. The van der Waals surface area contributed by atoms with Crippen LogP contribution in [0.15, 0.2) is 53.6 Å². The number of amides is 1. The smallest absolute Gasteiger partial charge is 0.255 e. The Balaban J connectivity index is 1.72. The third-order valence-electron chi connectivity index (χ3n) is 3.72. The summed E-state index contributed by atoms with van der Waals surface area (Å²) in [6, 6.07) is 10.7. The van der Waals surface area contributed by atoms with E-state index in [0.717, 1.165) is 17.0 Å². The molecule has 0 atom stereocenters. The van der Waals surface area contributed by atoms with E-state index >= 15 is 0 Å². The molecule has 0 aliphatic heterocycles. The van der Waals surface area contributed by atoms with Crippen molar-refractivity contribution in [1.29, 1.82) is 0 Å². The van der Waals surface area contributed by atoms with E-state index in [9.17, 15) is 9.59 Å². The quantitative estimate of drug-likeness (QED) is 0.774. The topological polar surface area (TPSA) is 79.8 Å². The molecule has 0 spiro atoms. The minimum absolute atomic E-state index is 0.231. The normalized spacial score (nSPS) is 10.6. The van der Waals surface area contributed by atoms with E-state index < -0.39 is 0 Å². The molecule has 3 rings (SSSR count). The number of aryl methyl sites for hydroxylation is 2. The van der Waals surface area contributed by atoms with Crippen LogP contribution in [0.3, 0.4) is 0 Å². The predicted octanol–water partition coefficient (Wildman–Crippen LogP) is 2.49. The second-order valence-corrected chi connectivity index (χ2v) is 5.66. The lowest BCUT2D eigenvalue weighted by molar-refractivity contribution is 0.102. The zero-order valence-corrected chi connectivity index (χ0v) is 13.5. The van der Waals surface area contributed by atoms with Gasteiger partial charge in [0, 0.05) is 29.7 Å². The van der Waals surface area contributed by atoms with E-state index in [4.69, 9.17) is 0 Å². The number of hydrogen-bond donors (Lipinski definition) is 2. The van der Waals surface area contributed by atoms with Crippen LogP contribution in [0.4, 0.5) is 5.69 Å². The Hall–Kier alpha value is -3.15. The molecular weight excluding hydrogens is 304 g/mol. The Kier molecular flexibility index (Phi) is 4.29. The average Bonchev–Trinajstić information content (AvgIpc) is 2.88. The first kappa shape index (κ1) is 15.7. The van der Waals surface area contributed by atoms with E-state index in [1.54, 1.807) is 12.1 Å². The molecule has 24 heavy (non-hydrogen) atoms. The van der Waals surface area contributed by atoms with E-state index in [1.165, 1.54) is 18.5 Å². The fourth-order valence-electron chi connectivity index (χ4n) is 2.48. The van der Waals surface area contributed by atoms with E-state index in [2.05, 4.69) is 15.4 Å². The molecule has 1 amide bonds. The molecule has 0 saturated carbocycles. The number of pyridine rings is 1. The Labute approximate surface area is 139 Å². The first-order valence-corrected chi connectivity index (χ1v) is 7.61. The number of nitrogens with zero attached hydrogens (tertiary/aromatic N) is 2. The highest BCUT2D eigenvalue weighted by atomic mass is 16.2. The van der Waals surface area contributed by atoms with Gasteiger partial charge in [0.1, 0.15) is 5.69 Å². The molecule has 1 aromatic carbocycles. The minimum atomic E-state index is -0.315. The number of H-pyrrole nitrogens is 1. The van der Waals surface area contributed by atoms with Crippen LogP contribution < -0.4 is 10.7 Å². The van der Waals surface area contributed by atoms with Gasteiger partial charge in [-0.1, -0.05) is 12.1 Å². The molecule has 0 aliphatic carbocycles. The summed E-state index contributed by atoms with van der Waals surface area (Å²) in [6.07, 6.45) is 2.99. The molecule has 0 aliphatic rings. The van der Waals surface area contributed by atoms with Crippen molar-refractivity contribution in [2.45, 2.75) is 20.4 Å². The van der Waals surface area contributed by atoms with Crippen LogP contribution in [0, 0.1) is 13.8 Å². The molecule has 2 aromatic heterocycles. The number of aromatic nitrogens is 3. The van der Waals surface area contributed by atoms with Gasteiger partial charge in [-0.25, -0.2) is 0 Å². The Morgan fingerprint density at radius 2 is 1.96 bits per heavy atom. The van der Waals surface area contributed by atoms with Crippen LogP contribution >= 0.6 is 0 Å². The highest BCUT2D eigenvalue weighted by molar-refractivity contribution is 6.04. The summed E-state index contributed by atoms with van der Waals surface area (Å²) in [7, 11) is 0. The molecule has 2 heterocycles. The number of hydrogen-bond acceptors (Lipinski definition) is 3. The molecule has 0 fully saturated rings. The molecule has 6 heteroatoms. The standard InChI is InChI=1S/C18H18N4O2/c1-12-9-13(2)22(21-12)11-14-3-5-15(6-4-14)18(24)20-16-10-19-8-7-17(16)23/h3-10H,11H2,1-2H3,(H,19,23)(H,20,24). The third-order valence-corrected chi connectivity index (χ3v) is 3.72. The van der Waals surface area contributed by atoms with Gasteiger partial charge in [0.15, 0.2) is 0 Å². The lowest BCUT2D eigenvalue weighted by Gasteiger charge is -2.07. The fourth-order valence-corrected chi connectivity index (χ4v) is 2.48. The summed E-state index contributed by atoms with van der Waals surface area (Å²) in [4.78, 5) is 26.6. The van der Waals surface area contributed by atoms with Crippen molar-refractivity contribution in [2.75, 3.05) is 5.32 Å². The summed E-state index contributed by atoms with van der Waals surface area (Å²) >= 11 is 0. The van der Waals surface area contributed by atoms with Gasteiger partial charge in [0.25, 0.3) is 5.91 Å². The van der Waals surface area contributed by atoms with Crippen molar-refractivity contribution in [2.24, 2.45) is 0 Å². The summed E-state index contributed by atoms with van der Waals surface area (Å²) < 4.78 is 1.92. The lowest BCUT2D eigenvalue weighted by atomic mass is 10.1. The van der Waals surface area contributed by atoms with Crippen LogP contribution in [0.5, 0.6) is 0 Å². The van der Waals surface area contributed by atoms with Crippen molar-refractivity contribution < 1.29 is 4.79 Å². The zero-order valence-electron chi connectivity index (χ0n) is 13.5. The number of carbonyl (C=O) groups is 1. The number of anilines is 1. The van der Waals surface area contributed by atoms with Gasteiger partial charge in [-0.2, -0.15) is 5.10 Å². The van der Waals surface area contributed by atoms with Gasteiger partial charge >= 0.3 is 0 Å². The van der Waals surface area contributed by atoms with E-state index in [1.807, 2.05) is 36.7 Å². The Morgan fingerprint density at radius 3 is 2.58 bits per heavy atom. The molecule has 0 saturated heterocycles. The van der Waals surface area contributed by atoms with E-state index in [0.29, 0.717) is 12.1 Å². The van der Waals surface area contributed by atoms with Gasteiger partial charge in [0.05, 0.1) is 12.2 Å². The van der Waals surface area contributed by atoms with Crippen LogP contribution in [-0.4, -0.2) is 20.7 Å². The van der Waals surface area contributed by atoms with Crippen molar-refractivity contribution >= 4 is 11.6 Å². The van der Waals surface area contributed by atoms with Crippen molar-refractivity contribution in [1.82, 2.24) is 14.8 Å². The highest BCUT2D eigenvalue weighted by Gasteiger charge is 2.08. The maximum atomic E-state index is 12.2. The number of rotatable bonds is 4. The number of carbonyl (C=O) groups excluding carboxylic acids is 1. The van der Waals surface area contributed by atoms with Gasteiger partial charge < -0.3 is 10.3 Å². The molecule has 6 nitrogen and oxygen atoms in total. The molecule has 2 N–H and O–H groups in total. The van der Waals surface area contributed by atoms with Crippen molar-refractivity contribution in [3.05, 3.63) is 81.5 Å². The van der Waals surface area contributed by atoms with Crippen LogP contribution in [0.25, 0.3) is 0 Å². The Bertz CT molecular complexity index is 923. The van der Waals surface area contributed by atoms with Gasteiger partial charge in [-0.15, -0.1) is 0 Å². The van der Waals surface area contributed by atoms with Gasteiger partial charge in [-0.05, 0) is 37.6 Å². The first-order chi connectivity index (χ1) is 11.5. The molecule has 0 unspecified atom stereocenters. The van der Waals surface area contributed by atoms with Crippen LogP contribution in [0.1, 0.15) is 27.3 Å². The molecule has 0 radical (unpaired) electrons. The highest BCUT2D eigenvalue weighted by Crippen LogP contribution is 2.10. The number of benzene rings is 1. The van der Waals surface area contributed by atoms with Crippen LogP contribution in [-0.2, 0) is 6.54 Å². The monoisotopic (exact) mass is 322 g/mol. The number of aromatic amines is 1. The zero-order chi connectivity index (χ0) is 17.1. The summed E-state index contributed by atoms with van der Waals surface area (Å²) in [5.41, 5.74) is 3.62. The lowest BCUT2D eigenvalue weighted by Crippen LogP contribution is -2.18. The minimum Gasteiger partial charge on any atom is -0.366 e. The van der Waals surface area contributed by atoms with Crippen molar-refractivity contribution in [3.63, 3.8) is 0 Å². The number of nitrogens with one attached hydrogen (secondary N) is 2. The van der Waals surface area contributed by atoms with Gasteiger partial charge in [0.2, 0.25) is 5.43 Å². The molecule has 0 bridgehead atoms. The van der Waals surface area contributed by atoms with Crippen LogP contribution in [0.2, 0.25) is 0 Å². The molecule has 3 aromatic rings. The molecular formula is C18H18N4O2. The van der Waals surface area contributed by atoms with Gasteiger partial charge in [-0.3, -0.25) is 14.3 Å². The average molecular weight is 322 g/mol. The first-order valence-electron chi connectivity index (χ1n) is 7.61. The van der Waals surface area contributed by atoms with E-state index in [-0.39, 0.29) is 17.0 Å². The predicted molar refractivity (Wildman–Crippen MR) is 92.3 cm³/mol.